The normalized spacial score (nSPS) is 15.4. The van der Waals surface area contributed by atoms with Gasteiger partial charge in [-0.2, -0.15) is 0 Å². The van der Waals surface area contributed by atoms with Crippen molar-refractivity contribution in [2.24, 2.45) is 0 Å². The largest absolute Gasteiger partial charge is 0.322 e. The molecule has 0 bridgehead atoms. The Hall–Kier alpha value is -2.32. The number of allylic oxidation sites excluding steroid dienone is 1. The fourth-order valence-corrected chi connectivity index (χ4v) is 5.47. The van der Waals surface area contributed by atoms with Crippen LogP contribution in [-0.2, 0) is 9.84 Å². The van der Waals surface area contributed by atoms with Gasteiger partial charge >= 0.3 is 0 Å². The minimum atomic E-state index is -3.79. The number of anilines is 1. The van der Waals surface area contributed by atoms with Crippen LogP contribution in [0.2, 0.25) is 5.02 Å². The number of benzene rings is 2. The Balaban J connectivity index is 1.88. The molecule has 0 radical (unpaired) electrons. The van der Waals surface area contributed by atoms with Gasteiger partial charge in [0, 0.05) is 23.4 Å². The number of nitrogens with one attached hydrogen (secondary N) is 1. The predicted molar refractivity (Wildman–Crippen MR) is 104 cm³/mol. The molecule has 0 heterocycles. The molecule has 9 heteroatoms. The van der Waals surface area contributed by atoms with Crippen LogP contribution in [0.1, 0.15) is 36.0 Å². The lowest BCUT2D eigenvalue weighted by Crippen LogP contribution is -2.25. The summed E-state index contributed by atoms with van der Waals surface area (Å²) in [6.07, 6.45) is 2.04. The van der Waals surface area contributed by atoms with Crippen molar-refractivity contribution in [3.05, 3.63) is 70.5 Å². The van der Waals surface area contributed by atoms with Crippen molar-refractivity contribution in [1.82, 2.24) is 0 Å². The molecule has 0 saturated heterocycles. The fourth-order valence-electron chi connectivity index (χ4n) is 3.18. The first kappa shape index (κ1) is 21.4. The Morgan fingerprint density at radius 3 is 2.24 bits per heavy atom. The second kappa shape index (κ2) is 8.20. The molecule has 1 fully saturated rings. The number of carbonyl (C=O) groups excluding carboxylic acids is 1. The summed E-state index contributed by atoms with van der Waals surface area (Å²) in [5.41, 5.74) is 0.615. The molecule has 4 nitrogen and oxygen atoms in total. The standard InChI is InChI=1S/C20H17ClF3NO3S/c1-11-2-5-14(6-3-11)29(27,28)18-8-12(4-7-15(18)21)20(26)25-13-9-16(22)19(24)17(23)10-13/h4,7-10,14H,1-3,5-6H2,(H,25,26). The fraction of sp³-hybridized carbons (Fsp3) is 0.250. The van der Waals surface area contributed by atoms with E-state index in [1.54, 1.807) is 0 Å². The lowest BCUT2D eigenvalue weighted by molar-refractivity contribution is 0.102. The first-order valence-corrected chi connectivity index (χ1v) is 10.7. The summed E-state index contributed by atoms with van der Waals surface area (Å²) >= 11 is 6.08. The molecule has 1 aliphatic rings. The summed E-state index contributed by atoms with van der Waals surface area (Å²) < 4.78 is 65.7. The lowest BCUT2D eigenvalue weighted by atomic mass is 9.96. The molecule has 1 N–H and O–H groups in total. The SMILES string of the molecule is C=C1CCC(S(=O)(=O)c2cc(C(=O)Nc3cc(F)c(F)c(F)c3)ccc2Cl)CC1. The Morgan fingerprint density at radius 2 is 1.66 bits per heavy atom. The molecule has 2 aromatic carbocycles. The number of halogens is 4. The van der Waals surface area contributed by atoms with Crippen LogP contribution in [0.4, 0.5) is 18.9 Å². The van der Waals surface area contributed by atoms with Crippen molar-refractivity contribution in [2.45, 2.75) is 35.8 Å². The van der Waals surface area contributed by atoms with Crippen LogP contribution >= 0.6 is 11.6 Å². The molecule has 1 aliphatic carbocycles. The van der Waals surface area contributed by atoms with Crippen molar-refractivity contribution in [1.29, 1.82) is 0 Å². The Labute approximate surface area is 171 Å². The number of carbonyl (C=O) groups is 1. The van der Waals surface area contributed by atoms with E-state index in [2.05, 4.69) is 11.9 Å². The average Bonchev–Trinajstić information content (AvgIpc) is 2.66. The van der Waals surface area contributed by atoms with E-state index in [0.717, 1.165) is 11.6 Å². The average molecular weight is 444 g/mol. The monoisotopic (exact) mass is 443 g/mol. The van der Waals surface area contributed by atoms with Crippen LogP contribution in [-0.4, -0.2) is 19.6 Å². The quantitative estimate of drug-likeness (QED) is 0.516. The topological polar surface area (TPSA) is 63.2 Å². The Morgan fingerprint density at radius 1 is 1.07 bits per heavy atom. The van der Waals surface area contributed by atoms with Crippen molar-refractivity contribution in [3.8, 4) is 0 Å². The maximum Gasteiger partial charge on any atom is 0.255 e. The zero-order chi connectivity index (χ0) is 21.3. The van der Waals surface area contributed by atoms with E-state index in [1.165, 1.54) is 12.1 Å². The zero-order valence-corrected chi connectivity index (χ0v) is 16.7. The highest BCUT2D eigenvalue weighted by molar-refractivity contribution is 7.92. The van der Waals surface area contributed by atoms with Gasteiger partial charge in [-0.25, -0.2) is 21.6 Å². The molecular weight excluding hydrogens is 427 g/mol. The molecule has 154 valence electrons. The highest BCUT2D eigenvalue weighted by atomic mass is 35.5. The first-order valence-electron chi connectivity index (χ1n) is 8.75. The van der Waals surface area contributed by atoms with Crippen molar-refractivity contribution in [2.75, 3.05) is 5.32 Å². The second-order valence-corrected chi connectivity index (χ2v) is 9.45. The summed E-state index contributed by atoms with van der Waals surface area (Å²) in [6.45, 7) is 3.87. The van der Waals surface area contributed by atoms with Gasteiger partial charge in [0.05, 0.1) is 15.2 Å². The highest BCUT2D eigenvalue weighted by Crippen LogP contribution is 2.34. The third kappa shape index (κ3) is 4.48. The number of rotatable bonds is 4. The van der Waals surface area contributed by atoms with Crippen LogP contribution in [0, 0.1) is 17.5 Å². The molecule has 0 aliphatic heterocycles. The van der Waals surface area contributed by atoms with Crippen LogP contribution in [0.25, 0.3) is 0 Å². The molecule has 29 heavy (non-hydrogen) atoms. The van der Waals surface area contributed by atoms with Gasteiger partial charge in [-0.3, -0.25) is 4.79 Å². The molecular formula is C20H17ClF3NO3S. The van der Waals surface area contributed by atoms with Gasteiger partial charge in [0.25, 0.3) is 5.91 Å². The van der Waals surface area contributed by atoms with E-state index in [1.807, 2.05) is 0 Å². The maximum absolute atomic E-state index is 13.3. The maximum atomic E-state index is 13.3. The van der Waals surface area contributed by atoms with Crippen LogP contribution in [0.5, 0.6) is 0 Å². The van der Waals surface area contributed by atoms with Gasteiger partial charge in [-0.05, 0) is 43.9 Å². The smallest absolute Gasteiger partial charge is 0.255 e. The minimum absolute atomic E-state index is 0.0233. The van der Waals surface area contributed by atoms with E-state index in [4.69, 9.17) is 11.6 Å². The molecule has 1 amide bonds. The van der Waals surface area contributed by atoms with E-state index in [9.17, 15) is 26.4 Å². The molecule has 0 aromatic heterocycles. The summed E-state index contributed by atoms with van der Waals surface area (Å²) in [6, 6.07) is 4.94. The number of amides is 1. The van der Waals surface area contributed by atoms with Crippen LogP contribution in [0.3, 0.4) is 0 Å². The van der Waals surface area contributed by atoms with Gasteiger partial charge in [-0.1, -0.05) is 23.8 Å². The molecule has 1 saturated carbocycles. The molecule has 0 spiro atoms. The summed E-state index contributed by atoms with van der Waals surface area (Å²) in [7, 11) is -3.79. The second-order valence-electron chi connectivity index (χ2n) is 6.85. The zero-order valence-electron chi connectivity index (χ0n) is 15.1. The highest BCUT2D eigenvalue weighted by Gasteiger charge is 2.32. The van der Waals surface area contributed by atoms with Gasteiger partial charge in [0.1, 0.15) is 0 Å². The molecule has 3 rings (SSSR count). The summed E-state index contributed by atoms with van der Waals surface area (Å²) in [5.74, 6) is -5.39. The van der Waals surface area contributed by atoms with Gasteiger partial charge < -0.3 is 5.32 Å². The summed E-state index contributed by atoms with van der Waals surface area (Å²) in [4.78, 5) is 12.3. The number of sulfone groups is 1. The van der Waals surface area contributed by atoms with Crippen LogP contribution in [0.15, 0.2) is 47.4 Å². The Bertz CT molecular complexity index is 1070. The van der Waals surface area contributed by atoms with Gasteiger partial charge in [0.15, 0.2) is 27.3 Å². The van der Waals surface area contributed by atoms with Crippen LogP contribution < -0.4 is 5.32 Å². The minimum Gasteiger partial charge on any atom is -0.322 e. The molecule has 2 aromatic rings. The first-order chi connectivity index (χ1) is 13.6. The van der Waals surface area contributed by atoms with E-state index < -0.39 is 38.4 Å². The third-order valence-corrected chi connectivity index (χ3v) is 7.56. The summed E-state index contributed by atoms with van der Waals surface area (Å²) in [5, 5.41) is 1.56. The van der Waals surface area contributed by atoms with Gasteiger partial charge in [-0.15, -0.1) is 0 Å². The van der Waals surface area contributed by atoms with Gasteiger partial charge in [0.2, 0.25) is 0 Å². The molecule has 0 atom stereocenters. The molecule has 0 unspecified atom stereocenters. The van der Waals surface area contributed by atoms with Crippen molar-refractivity contribution in [3.63, 3.8) is 0 Å². The third-order valence-electron chi connectivity index (χ3n) is 4.82. The predicted octanol–water partition coefficient (Wildman–Crippen LogP) is 5.28. The van der Waals surface area contributed by atoms with E-state index in [-0.39, 0.29) is 21.2 Å². The lowest BCUT2D eigenvalue weighted by Gasteiger charge is -2.24. The Kier molecular flexibility index (Phi) is 6.05. The van der Waals surface area contributed by atoms with Crippen molar-refractivity contribution >= 4 is 33.0 Å². The van der Waals surface area contributed by atoms with E-state index >= 15 is 0 Å². The van der Waals surface area contributed by atoms with Crippen molar-refractivity contribution < 1.29 is 26.4 Å². The van der Waals surface area contributed by atoms with E-state index in [0.29, 0.717) is 37.8 Å². The number of hydrogen-bond donors (Lipinski definition) is 1. The number of hydrogen-bond acceptors (Lipinski definition) is 3.